The Hall–Kier alpha value is -3.29. The Kier molecular flexibility index (Phi) is 7.40. The molecule has 1 saturated carbocycles. The molecule has 0 bridgehead atoms. The standard InChI is InChI=1S/C25H18ClF10N3O/c1-12-7-14(22(27,24(31,32)33)25(34,35)36)8-18(23(28,29)30)20(12)13-10-37-39(11-13)16-5-6-19(26)17(9-16)21(40)38-15-3-2-4-15/h5-11,15H,2-4H2,1H3,(H,38,40). The Morgan fingerprint density at radius 1 is 0.975 bits per heavy atom. The quantitative estimate of drug-likeness (QED) is 0.301. The number of nitrogens with one attached hydrogen (secondary N) is 1. The van der Waals surface area contributed by atoms with Crippen molar-refractivity contribution in [3.63, 3.8) is 0 Å². The van der Waals surface area contributed by atoms with Crippen LogP contribution in [0.4, 0.5) is 43.9 Å². The molecule has 1 N–H and O–H groups in total. The Morgan fingerprint density at radius 2 is 1.60 bits per heavy atom. The second-order valence-corrected chi connectivity index (χ2v) is 9.71. The zero-order valence-electron chi connectivity index (χ0n) is 20.2. The van der Waals surface area contributed by atoms with Crippen LogP contribution in [0.1, 0.15) is 46.3 Å². The van der Waals surface area contributed by atoms with Crippen molar-refractivity contribution >= 4 is 17.5 Å². The molecule has 1 heterocycles. The first-order valence-electron chi connectivity index (χ1n) is 11.5. The number of hydrogen-bond acceptors (Lipinski definition) is 2. The highest BCUT2D eigenvalue weighted by Gasteiger charge is 2.73. The topological polar surface area (TPSA) is 46.9 Å². The number of aromatic nitrogens is 2. The van der Waals surface area contributed by atoms with E-state index in [0.717, 1.165) is 43.3 Å². The molecule has 1 fully saturated rings. The molecule has 0 spiro atoms. The lowest BCUT2D eigenvalue weighted by molar-refractivity contribution is -0.348. The van der Waals surface area contributed by atoms with Crippen molar-refractivity contribution < 1.29 is 48.7 Å². The van der Waals surface area contributed by atoms with E-state index >= 15 is 0 Å². The molecular weight excluding hydrogens is 584 g/mol. The van der Waals surface area contributed by atoms with Gasteiger partial charge in [-0.3, -0.25) is 4.79 Å². The van der Waals surface area contributed by atoms with E-state index in [9.17, 15) is 48.7 Å². The van der Waals surface area contributed by atoms with E-state index in [1.165, 1.54) is 18.2 Å². The van der Waals surface area contributed by atoms with Crippen LogP contribution in [-0.2, 0) is 11.8 Å². The van der Waals surface area contributed by atoms with Gasteiger partial charge in [-0.15, -0.1) is 0 Å². The number of hydrogen-bond donors (Lipinski definition) is 1. The summed E-state index contributed by atoms with van der Waals surface area (Å²) in [6, 6.07) is 3.62. The smallest absolute Gasteiger partial charge is 0.349 e. The van der Waals surface area contributed by atoms with E-state index in [1.54, 1.807) is 0 Å². The highest BCUT2D eigenvalue weighted by Crippen LogP contribution is 2.54. The summed E-state index contributed by atoms with van der Waals surface area (Å²) in [6.45, 7) is 0.823. The highest BCUT2D eigenvalue weighted by molar-refractivity contribution is 6.33. The summed E-state index contributed by atoms with van der Waals surface area (Å²) in [5.41, 5.74) is -11.8. The van der Waals surface area contributed by atoms with Crippen molar-refractivity contribution in [2.24, 2.45) is 0 Å². The summed E-state index contributed by atoms with van der Waals surface area (Å²) < 4.78 is 137. The van der Waals surface area contributed by atoms with Crippen LogP contribution in [0.15, 0.2) is 42.7 Å². The average Bonchev–Trinajstić information content (AvgIpc) is 3.28. The third kappa shape index (κ3) is 5.25. The Bertz CT molecular complexity index is 1420. The van der Waals surface area contributed by atoms with Crippen LogP contribution in [-0.4, -0.2) is 34.1 Å². The molecule has 4 rings (SSSR count). The maximum absolute atomic E-state index is 14.6. The minimum Gasteiger partial charge on any atom is -0.349 e. The Morgan fingerprint density at radius 3 is 2.12 bits per heavy atom. The SMILES string of the molecule is Cc1cc(C(F)(C(F)(F)F)C(F)(F)F)cc(C(F)(F)F)c1-c1cnn(-c2ccc(Cl)c(C(=O)NC3CCC3)c2)c1. The van der Waals surface area contributed by atoms with Gasteiger partial charge in [0, 0.05) is 23.4 Å². The van der Waals surface area contributed by atoms with E-state index < -0.39 is 58.4 Å². The van der Waals surface area contributed by atoms with Crippen molar-refractivity contribution in [2.45, 2.75) is 56.4 Å². The van der Waals surface area contributed by atoms with Crippen LogP contribution in [0.5, 0.6) is 0 Å². The van der Waals surface area contributed by atoms with E-state index in [4.69, 9.17) is 11.6 Å². The van der Waals surface area contributed by atoms with Crippen molar-refractivity contribution in [3.05, 3.63) is 70.0 Å². The van der Waals surface area contributed by atoms with Gasteiger partial charge in [0.15, 0.2) is 0 Å². The molecule has 1 aliphatic rings. The van der Waals surface area contributed by atoms with Crippen LogP contribution in [0.25, 0.3) is 16.8 Å². The Balaban J connectivity index is 1.80. The maximum Gasteiger partial charge on any atom is 0.435 e. The zero-order valence-corrected chi connectivity index (χ0v) is 21.0. The zero-order chi connectivity index (χ0) is 29.8. The first-order valence-corrected chi connectivity index (χ1v) is 11.9. The van der Waals surface area contributed by atoms with Gasteiger partial charge in [0.05, 0.1) is 28.0 Å². The van der Waals surface area contributed by atoms with E-state index in [2.05, 4.69) is 10.4 Å². The summed E-state index contributed by atoms with van der Waals surface area (Å²) in [5.74, 6) is -0.487. The highest BCUT2D eigenvalue weighted by atomic mass is 35.5. The predicted octanol–water partition coefficient (Wildman–Crippen LogP) is 8.09. The van der Waals surface area contributed by atoms with Gasteiger partial charge in [-0.25, -0.2) is 9.07 Å². The third-order valence-corrected chi connectivity index (χ3v) is 6.92. The fourth-order valence-electron chi connectivity index (χ4n) is 4.32. The van der Waals surface area contributed by atoms with Gasteiger partial charge in [-0.2, -0.15) is 44.6 Å². The van der Waals surface area contributed by atoms with Gasteiger partial charge in [-0.1, -0.05) is 17.7 Å². The van der Waals surface area contributed by atoms with Gasteiger partial charge in [-0.05, 0) is 61.6 Å². The molecule has 0 unspecified atom stereocenters. The number of halogens is 11. The molecule has 3 aromatic rings. The van der Waals surface area contributed by atoms with E-state index in [-0.39, 0.29) is 33.9 Å². The third-order valence-electron chi connectivity index (χ3n) is 6.59. The summed E-state index contributed by atoms with van der Waals surface area (Å²) in [5, 5.41) is 6.81. The summed E-state index contributed by atoms with van der Waals surface area (Å²) in [6.07, 6.45) is -14.2. The lowest BCUT2D eigenvalue weighted by Crippen LogP contribution is -2.50. The molecule has 40 heavy (non-hydrogen) atoms. The molecule has 1 amide bonds. The van der Waals surface area contributed by atoms with Gasteiger partial charge >= 0.3 is 24.2 Å². The van der Waals surface area contributed by atoms with Gasteiger partial charge in [0.25, 0.3) is 5.91 Å². The molecule has 0 saturated heterocycles. The molecule has 216 valence electrons. The molecule has 1 aliphatic carbocycles. The molecule has 15 heteroatoms. The van der Waals surface area contributed by atoms with Crippen molar-refractivity contribution in [3.8, 4) is 16.8 Å². The maximum atomic E-state index is 14.6. The van der Waals surface area contributed by atoms with Crippen LogP contribution in [0.3, 0.4) is 0 Å². The molecule has 1 aromatic heterocycles. The Labute approximate surface area is 224 Å². The van der Waals surface area contributed by atoms with Crippen LogP contribution >= 0.6 is 11.6 Å². The first kappa shape index (κ1) is 29.7. The normalized spacial score (nSPS) is 15.2. The molecule has 0 radical (unpaired) electrons. The van der Waals surface area contributed by atoms with Gasteiger partial charge in [0.1, 0.15) is 0 Å². The monoisotopic (exact) mass is 601 g/mol. The number of benzene rings is 2. The van der Waals surface area contributed by atoms with E-state index in [0.29, 0.717) is 0 Å². The number of alkyl halides is 10. The fourth-order valence-corrected chi connectivity index (χ4v) is 4.52. The lowest BCUT2D eigenvalue weighted by Gasteiger charge is -2.31. The molecule has 0 aliphatic heterocycles. The summed E-state index contributed by atoms with van der Waals surface area (Å²) in [4.78, 5) is 12.6. The van der Waals surface area contributed by atoms with Gasteiger partial charge < -0.3 is 5.32 Å². The number of rotatable bonds is 5. The number of aryl methyl sites for hydroxylation is 1. The van der Waals surface area contributed by atoms with Crippen molar-refractivity contribution in [1.82, 2.24) is 15.1 Å². The average molecular weight is 602 g/mol. The number of amides is 1. The number of carbonyl (C=O) groups excluding carboxylic acids is 1. The largest absolute Gasteiger partial charge is 0.435 e. The van der Waals surface area contributed by atoms with Crippen LogP contribution in [0, 0.1) is 6.92 Å². The lowest BCUT2D eigenvalue weighted by atomic mass is 9.87. The van der Waals surface area contributed by atoms with Crippen molar-refractivity contribution in [2.75, 3.05) is 0 Å². The predicted molar refractivity (Wildman–Crippen MR) is 124 cm³/mol. The molecular formula is C25H18ClF10N3O. The minimum atomic E-state index is -6.59. The summed E-state index contributed by atoms with van der Waals surface area (Å²) in [7, 11) is 0. The molecule has 4 nitrogen and oxygen atoms in total. The number of carbonyl (C=O) groups is 1. The van der Waals surface area contributed by atoms with E-state index in [1.807, 2.05) is 0 Å². The molecule has 0 atom stereocenters. The summed E-state index contributed by atoms with van der Waals surface area (Å²) >= 11 is 6.13. The van der Waals surface area contributed by atoms with Crippen LogP contribution < -0.4 is 5.32 Å². The second kappa shape index (κ2) is 9.96. The molecule has 2 aromatic carbocycles. The van der Waals surface area contributed by atoms with Crippen LogP contribution in [0.2, 0.25) is 5.02 Å². The second-order valence-electron chi connectivity index (χ2n) is 9.31. The van der Waals surface area contributed by atoms with Gasteiger partial charge in [0.2, 0.25) is 0 Å². The van der Waals surface area contributed by atoms with Crippen molar-refractivity contribution in [1.29, 1.82) is 0 Å². The minimum absolute atomic E-state index is 0.0204. The number of nitrogens with zero attached hydrogens (tertiary/aromatic N) is 2. The fraction of sp³-hybridized carbons (Fsp3) is 0.360. The first-order chi connectivity index (χ1) is 18.3.